The van der Waals surface area contributed by atoms with Crippen molar-refractivity contribution in [2.75, 3.05) is 0 Å². The normalized spacial score (nSPS) is 12.4. The zero-order chi connectivity index (χ0) is 11.7. The summed E-state index contributed by atoms with van der Waals surface area (Å²) in [7, 11) is 0. The average Bonchev–Trinajstić information content (AvgIpc) is 3.06. The molecule has 86 valence electrons. The second-order valence-corrected chi connectivity index (χ2v) is 8.19. The van der Waals surface area contributed by atoms with Crippen molar-refractivity contribution in [1.82, 2.24) is 0 Å². The summed E-state index contributed by atoms with van der Waals surface area (Å²) in [5, 5.41) is 7.26. The maximum atomic E-state index is 2.30. The summed E-state index contributed by atoms with van der Waals surface area (Å²) in [6.07, 6.45) is 0. The Hall–Kier alpha value is -0.940. The summed E-state index contributed by atoms with van der Waals surface area (Å²) < 4.78 is 8.71. The van der Waals surface area contributed by atoms with E-state index < -0.39 is 0 Å². The SMILES string of the molecule is c1cc2sc3c(ccc4c5sccc5sc43)c2s1. The van der Waals surface area contributed by atoms with Crippen LogP contribution in [0.2, 0.25) is 0 Å². The summed E-state index contributed by atoms with van der Waals surface area (Å²) in [6.45, 7) is 0. The summed E-state index contributed by atoms with van der Waals surface area (Å²) >= 11 is 7.60. The highest BCUT2D eigenvalue weighted by Crippen LogP contribution is 2.46. The van der Waals surface area contributed by atoms with Crippen LogP contribution < -0.4 is 0 Å². The van der Waals surface area contributed by atoms with Crippen molar-refractivity contribution in [1.29, 1.82) is 0 Å². The van der Waals surface area contributed by atoms with E-state index in [1.165, 1.54) is 39.0 Å². The fraction of sp³-hybridized carbons (Fsp3) is 0. The van der Waals surface area contributed by atoms with Gasteiger partial charge < -0.3 is 0 Å². The summed E-state index contributed by atoms with van der Waals surface area (Å²) in [5.41, 5.74) is 0. The molecule has 5 rings (SSSR count). The van der Waals surface area contributed by atoms with E-state index >= 15 is 0 Å². The molecule has 1 aromatic carbocycles. The van der Waals surface area contributed by atoms with E-state index in [-0.39, 0.29) is 0 Å². The van der Waals surface area contributed by atoms with Gasteiger partial charge >= 0.3 is 0 Å². The van der Waals surface area contributed by atoms with Crippen molar-refractivity contribution >= 4 is 84.3 Å². The smallest absolute Gasteiger partial charge is 0.0542 e. The van der Waals surface area contributed by atoms with Crippen LogP contribution in [0.25, 0.3) is 39.0 Å². The number of thiophene rings is 4. The zero-order valence-electron chi connectivity index (χ0n) is 9.10. The Kier molecular flexibility index (Phi) is 1.84. The molecule has 0 amide bonds. The molecule has 0 atom stereocenters. The number of hydrogen-bond donors (Lipinski definition) is 0. The van der Waals surface area contributed by atoms with Crippen molar-refractivity contribution in [2.24, 2.45) is 0 Å². The highest BCUT2D eigenvalue weighted by molar-refractivity contribution is 7.38. The molecule has 0 fully saturated rings. The van der Waals surface area contributed by atoms with Crippen LogP contribution in [0.4, 0.5) is 0 Å². The Labute approximate surface area is 119 Å². The minimum Gasteiger partial charge on any atom is -0.142 e. The molecule has 0 N–H and O–H groups in total. The third-order valence-electron chi connectivity index (χ3n) is 3.28. The maximum absolute atomic E-state index is 2.30. The molecule has 0 unspecified atom stereocenters. The van der Waals surface area contributed by atoms with Gasteiger partial charge in [0, 0.05) is 20.2 Å². The Morgan fingerprint density at radius 1 is 0.556 bits per heavy atom. The Morgan fingerprint density at radius 2 is 1.06 bits per heavy atom. The molecule has 4 heteroatoms. The van der Waals surface area contributed by atoms with Crippen LogP contribution in [0.3, 0.4) is 0 Å². The second-order valence-electron chi connectivity index (χ2n) is 4.25. The molecule has 0 nitrogen and oxygen atoms in total. The van der Waals surface area contributed by atoms with Gasteiger partial charge in [0.2, 0.25) is 0 Å². The van der Waals surface area contributed by atoms with Crippen LogP contribution in [0.1, 0.15) is 0 Å². The van der Waals surface area contributed by atoms with Gasteiger partial charge in [-0.15, -0.1) is 45.3 Å². The van der Waals surface area contributed by atoms with Gasteiger partial charge in [0.05, 0.1) is 18.8 Å². The first kappa shape index (κ1) is 9.92. The predicted molar refractivity (Wildman–Crippen MR) is 88.0 cm³/mol. The van der Waals surface area contributed by atoms with Gasteiger partial charge in [-0.2, -0.15) is 0 Å². The fourth-order valence-electron chi connectivity index (χ4n) is 2.49. The molecule has 0 spiro atoms. The van der Waals surface area contributed by atoms with E-state index in [4.69, 9.17) is 0 Å². The van der Waals surface area contributed by atoms with Crippen molar-refractivity contribution in [2.45, 2.75) is 0 Å². The first-order valence-electron chi connectivity index (χ1n) is 5.60. The molecule has 0 saturated heterocycles. The first-order valence-corrected chi connectivity index (χ1v) is 8.99. The maximum Gasteiger partial charge on any atom is 0.0542 e. The quantitative estimate of drug-likeness (QED) is 0.304. The molecule has 18 heavy (non-hydrogen) atoms. The summed E-state index contributed by atoms with van der Waals surface area (Å²) in [6, 6.07) is 9.09. The third-order valence-corrected chi connectivity index (χ3v) is 7.94. The van der Waals surface area contributed by atoms with E-state index in [9.17, 15) is 0 Å². The van der Waals surface area contributed by atoms with Crippen LogP contribution in [0, 0.1) is 0 Å². The lowest BCUT2D eigenvalue weighted by atomic mass is 10.2. The van der Waals surface area contributed by atoms with Gasteiger partial charge in [-0.1, -0.05) is 12.1 Å². The Balaban J connectivity index is 2.14. The number of fused-ring (bicyclic) bond motifs is 7. The van der Waals surface area contributed by atoms with Crippen LogP contribution in [0.5, 0.6) is 0 Å². The van der Waals surface area contributed by atoms with Crippen LogP contribution in [-0.4, -0.2) is 0 Å². The predicted octanol–water partition coefficient (Wildman–Crippen LogP) is 6.55. The van der Waals surface area contributed by atoms with E-state index in [2.05, 4.69) is 35.0 Å². The summed E-state index contributed by atoms with van der Waals surface area (Å²) in [5.74, 6) is 0. The highest BCUT2D eigenvalue weighted by Gasteiger charge is 2.13. The van der Waals surface area contributed by atoms with E-state index in [1.807, 2.05) is 45.3 Å². The monoisotopic (exact) mass is 302 g/mol. The molecule has 0 aliphatic rings. The molecule has 0 aliphatic carbocycles. The van der Waals surface area contributed by atoms with E-state index in [1.54, 1.807) is 0 Å². The minimum atomic E-state index is 1.43. The van der Waals surface area contributed by atoms with Gasteiger partial charge in [0.15, 0.2) is 0 Å². The fourth-order valence-corrected chi connectivity index (χ4v) is 7.31. The molecular formula is C14H6S4. The third kappa shape index (κ3) is 1.10. The van der Waals surface area contributed by atoms with Gasteiger partial charge in [0.25, 0.3) is 0 Å². The lowest BCUT2D eigenvalue weighted by Gasteiger charge is -1.92. The van der Waals surface area contributed by atoms with Gasteiger partial charge in [-0.25, -0.2) is 0 Å². The average molecular weight is 302 g/mol. The molecule has 4 aromatic heterocycles. The number of benzene rings is 1. The highest BCUT2D eigenvalue weighted by atomic mass is 32.1. The van der Waals surface area contributed by atoms with E-state index in [0.717, 1.165) is 0 Å². The molecule has 5 aromatic rings. The van der Waals surface area contributed by atoms with Crippen molar-refractivity contribution < 1.29 is 0 Å². The summed E-state index contributed by atoms with van der Waals surface area (Å²) in [4.78, 5) is 0. The van der Waals surface area contributed by atoms with Crippen molar-refractivity contribution in [3.8, 4) is 0 Å². The molecule has 0 aliphatic heterocycles. The van der Waals surface area contributed by atoms with Crippen molar-refractivity contribution in [3.05, 3.63) is 35.0 Å². The van der Waals surface area contributed by atoms with Crippen LogP contribution >= 0.6 is 45.3 Å². The Bertz CT molecular complexity index is 938. The van der Waals surface area contributed by atoms with Crippen LogP contribution in [-0.2, 0) is 0 Å². The lowest BCUT2D eigenvalue weighted by molar-refractivity contribution is 2.07. The van der Waals surface area contributed by atoms with Gasteiger partial charge in [-0.05, 0) is 22.9 Å². The molecule has 0 bridgehead atoms. The Morgan fingerprint density at radius 3 is 1.56 bits per heavy atom. The number of hydrogen-bond acceptors (Lipinski definition) is 4. The van der Waals surface area contributed by atoms with Gasteiger partial charge in [0.1, 0.15) is 0 Å². The lowest BCUT2D eigenvalue weighted by Crippen LogP contribution is -1.63. The standard InChI is InChI=1S/C14H6S4/c1-2-8-12-10(4-6-16-12)18-14(8)13-7(1)11-9(17-13)3-5-15-11/h1-6H. The van der Waals surface area contributed by atoms with E-state index in [0.29, 0.717) is 0 Å². The second kappa shape index (κ2) is 3.33. The molecule has 4 heterocycles. The molecular weight excluding hydrogens is 296 g/mol. The molecule has 0 radical (unpaired) electrons. The topological polar surface area (TPSA) is 0 Å². The van der Waals surface area contributed by atoms with Crippen LogP contribution in [0.15, 0.2) is 35.0 Å². The largest absolute Gasteiger partial charge is 0.142 e. The van der Waals surface area contributed by atoms with Gasteiger partial charge in [-0.3, -0.25) is 0 Å². The minimum absolute atomic E-state index is 1.43. The number of rotatable bonds is 0. The molecule has 0 saturated carbocycles. The van der Waals surface area contributed by atoms with Crippen molar-refractivity contribution in [3.63, 3.8) is 0 Å². The zero-order valence-corrected chi connectivity index (χ0v) is 12.4. The first-order chi connectivity index (χ1) is 8.92.